The maximum absolute atomic E-state index is 10.8. The number of hydrogen-bond acceptors (Lipinski definition) is 5. The molecule has 0 aliphatic heterocycles. The number of benzene rings is 2. The summed E-state index contributed by atoms with van der Waals surface area (Å²) in [4.78, 5) is 19.2. The number of fused-ring (bicyclic) bond motifs is 1. The van der Waals surface area contributed by atoms with Gasteiger partial charge in [0, 0.05) is 11.6 Å². The van der Waals surface area contributed by atoms with E-state index >= 15 is 0 Å². The van der Waals surface area contributed by atoms with Crippen molar-refractivity contribution in [1.82, 2.24) is 9.97 Å². The summed E-state index contributed by atoms with van der Waals surface area (Å²) in [5.41, 5.74) is 0.683. The van der Waals surface area contributed by atoms with E-state index in [-0.39, 0.29) is 6.01 Å². The van der Waals surface area contributed by atoms with Gasteiger partial charge in [-0.3, -0.25) is 0 Å². The summed E-state index contributed by atoms with van der Waals surface area (Å²) in [6.07, 6.45) is 0.678. The third kappa shape index (κ3) is 3.55. The van der Waals surface area contributed by atoms with E-state index in [1.54, 1.807) is 42.6 Å². The molecule has 1 unspecified atom stereocenters. The van der Waals surface area contributed by atoms with Crippen LogP contribution in [-0.2, 0) is 4.79 Å². The molecule has 0 fully saturated rings. The zero-order valence-corrected chi connectivity index (χ0v) is 13.4. The molecule has 0 saturated carbocycles. The minimum Gasteiger partial charge on any atom is -0.479 e. The summed E-state index contributed by atoms with van der Waals surface area (Å²) in [7, 11) is 0. The van der Waals surface area contributed by atoms with Gasteiger partial charge in [0.05, 0.1) is 10.5 Å². The van der Waals surface area contributed by atoms with Crippen LogP contribution >= 0.6 is 11.6 Å². The minimum atomic E-state index is -1.03. The molecule has 0 amide bonds. The lowest BCUT2D eigenvalue weighted by Gasteiger charge is -2.11. The van der Waals surface area contributed by atoms with Crippen molar-refractivity contribution in [3.63, 3.8) is 0 Å². The number of carbonyl (C=O) groups is 1. The molecule has 1 N–H and O–H groups in total. The van der Waals surface area contributed by atoms with Crippen molar-refractivity contribution < 1.29 is 19.4 Å². The summed E-state index contributed by atoms with van der Waals surface area (Å²) in [5.74, 6) is -0.0891. The number of nitrogens with zero attached hydrogens (tertiary/aromatic N) is 2. The van der Waals surface area contributed by atoms with Crippen LogP contribution < -0.4 is 9.47 Å². The second-order valence-corrected chi connectivity index (χ2v) is 5.40. The number of rotatable bonds is 5. The molecule has 3 aromatic rings. The molecule has 6 nitrogen and oxygen atoms in total. The standard InChI is InChI=1S/C17H13ClN2O4/c1-10(16(21)22)23-11-5-7-12(8-6-11)24-17-19-9-13-14(18)3-2-4-15(13)20-17/h2-10H,1H3,(H,21,22). The van der Waals surface area contributed by atoms with E-state index in [9.17, 15) is 4.79 Å². The van der Waals surface area contributed by atoms with Gasteiger partial charge < -0.3 is 14.6 Å². The summed E-state index contributed by atoms with van der Waals surface area (Å²) >= 11 is 6.07. The molecule has 1 aromatic heterocycles. The third-order valence-electron chi connectivity index (χ3n) is 3.24. The lowest BCUT2D eigenvalue weighted by molar-refractivity contribution is -0.144. The summed E-state index contributed by atoms with van der Waals surface area (Å²) in [5, 5.41) is 10.1. The van der Waals surface area contributed by atoms with Gasteiger partial charge in [-0.25, -0.2) is 9.78 Å². The van der Waals surface area contributed by atoms with Crippen LogP contribution in [0.4, 0.5) is 0 Å². The molecule has 0 saturated heterocycles. The first-order valence-corrected chi connectivity index (χ1v) is 7.49. The Morgan fingerprint density at radius 3 is 2.58 bits per heavy atom. The van der Waals surface area contributed by atoms with E-state index in [0.29, 0.717) is 22.0 Å². The number of hydrogen-bond donors (Lipinski definition) is 1. The fourth-order valence-corrected chi connectivity index (χ4v) is 2.22. The highest BCUT2D eigenvalue weighted by Crippen LogP contribution is 2.25. The summed E-state index contributed by atoms with van der Waals surface area (Å²) < 4.78 is 10.8. The maximum Gasteiger partial charge on any atom is 0.344 e. The Bertz CT molecular complexity index is 883. The van der Waals surface area contributed by atoms with Gasteiger partial charge in [-0.1, -0.05) is 17.7 Å². The smallest absolute Gasteiger partial charge is 0.344 e. The van der Waals surface area contributed by atoms with Crippen molar-refractivity contribution in [2.24, 2.45) is 0 Å². The molecule has 0 bridgehead atoms. The molecule has 0 aliphatic carbocycles. The maximum atomic E-state index is 10.8. The molecule has 1 heterocycles. The second-order valence-electron chi connectivity index (χ2n) is 5.00. The summed E-state index contributed by atoms with van der Waals surface area (Å²) in [6.45, 7) is 1.46. The number of aromatic nitrogens is 2. The lowest BCUT2D eigenvalue weighted by Crippen LogP contribution is -2.22. The molecule has 7 heteroatoms. The van der Waals surface area contributed by atoms with Gasteiger partial charge in [-0.2, -0.15) is 4.98 Å². The van der Waals surface area contributed by atoms with Crippen molar-refractivity contribution in [2.75, 3.05) is 0 Å². The van der Waals surface area contributed by atoms with E-state index in [0.717, 1.165) is 5.39 Å². The molecule has 24 heavy (non-hydrogen) atoms. The van der Waals surface area contributed by atoms with Crippen molar-refractivity contribution >= 4 is 28.5 Å². The summed E-state index contributed by atoms with van der Waals surface area (Å²) in [6, 6.07) is 12.1. The van der Waals surface area contributed by atoms with Gasteiger partial charge in [-0.15, -0.1) is 0 Å². The average Bonchev–Trinajstić information content (AvgIpc) is 2.56. The van der Waals surface area contributed by atoms with Crippen molar-refractivity contribution in [2.45, 2.75) is 13.0 Å². The average molecular weight is 345 g/mol. The predicted octanol–water partition coefficient (Wildman–Crippen LogP) is 3.93. The van der Waals surface area contributed by atoms with Crippen molar-refractivity contribution in [3.8, 4) is 17.5 Å². The topological polar surface area (TPSA) is 81.5 Å². The third-order valence-corrected chi connectivity index (χ3v) is 3.57. The molecule has 1 atom stereocenters. The van der Waals surface area contributed by atoms with E-state index in [2.05, 4.69) is 9.97 Å². The number of carboxylic acids is 1. The van der Waals surface area contributed by atoms with Gasteiger partial charge in [0.25, 0.3) is 0 Å². The molecular weight excluding hydrogens is 332 g/mol. The zero-order valence-electron chi connectivity index (χ0n) is 12.6. The molecule has 0 radical (unpaired) electrons. The fourth-order valence-electron chi connectivity index (χ4n) is 2.00. The molecule has 122 valence electrons. The normalized spacial score (nSPS) is 11.9. The lowest BCUT2D eigenvalue weighted by atomic mass is 10.2. The Morgan fingerprint density at radius 2 is 1.88 bits per heavy atom. The molecule has 0 spiro atoms. The fraction of sp³-hybridized carbons (Fsp3) is 0.118. The van der Waals surface area contributed by atoms with Crippen LogP contribution in [0.3, 0.4) is 0 Å². The van der Waals surface area contributed by atoms with Crippen molar-refractivity contribution in [1.29, 1.82) is 0 Å². The Balaban J connectivity index is 1.75. The van der Waals surface area contributed by atoms with E-state index in [1.165, 1.54) is 6.92 Å². The number of halogens is 1. The first-order valence-electron chi connectivity index (χ1n) is 7.11. The highest BCUT2D eigenvalue weighted by atomic mass is 35.5. The largest absolute Gasteiger partial charge is 0.479 e. The van der Waals surface area contributed by atoms with Gasteiger partial charge >= 0.3 is 12.0 Å². The van der Waals surface area contributed by atoms with Crippen LogP contribution in [0.15, 0.2) is 48.7 Å². The van der Waals surface area contributed by atoms with Crippen LogP contribution in [0, 0.1) is 0 Å². The Kier molecular flexibility index (Phi) is 4.48. The van der Waals surface area contributed by atoms with Crippen molar-refractivity contribution in [3.05, 3.63) is 53.7 Å². The van der Waals surface area contributed by atoms with E-state index in [1.807, 2.05) is 6.07 Å². The van der Waals surface area contributed by atoms with Crippen LogP contribution in [0.1, 0.15) is 6.92 Å². The number of carboxylic acid groups (broad SMARTS) is 1. The Hall–Kier alpha value is -2.86. The number of aliphatic carboxylic acids is 1. The zero-order chi connectivity index (χ0) is 17.1. The first kappa shape index (κ1) is 16.0. The van der Waals surface area contributed by atoms with Crippen LogP contribution in [0.25, 0.3) is 10.9 Å². The highest BCUT2D eigenvalue weighted by Gasteiger charge is 2.12. The van der Waals surface area contributed by atoms with Crippen LogP contribution in [0.5, 0.6) is 17.5 Å². The molecule has 0 aliphatic rings. The van der Waals surface area contributed by atoms with E-state index < -0.39 is 12.1 Å². The van der Waals surface area contributed by atoms with E-state index in [4.69, 9.17) is 26.2 Å². The van der Waals surface area contributed by atoms with Gasteiger partial charge in [0.2, 0.25) is 0 Å². The second kappa shape index (κ2) is 6.72. The Morgan fingerprint density at radius 1 is 1.17 bits per heavy atom. The molecule has 2 aromatic carbocycles. The van der Waals surface area contributed by atoms with Gasteiger partial charge in [0.15, 0.2) is 6.10 Å². The quantitative estimate of drug-likeness (QED) is 0.755. The van der Waals surface area contributed by atoms with Crippen LogP contribution in [0.2, 0.25) is 5.02 Å². The SMILES string of the molecule is CC(Oc1ccc(Oc2ncc3c(Cl)cccc3n2)cc1)C(=O)O. The monoisotopic (exact) mass is 344 g/mol. The minimum absolute atomic E-state index is 0.192. The van der Waals surface area contributed by atoms with Gasteiger partial charge in [-0.05, 0) is 43.3 Å². The highest BCUT2D eigenvalue weighted by molar-refractivity contribution is 6.35. The van der Waals surface area contributed by atoms with Crippen LogP contribution in [-0.4, -0.2) is 27.1 Å². The predicted molar refractivity (Wildman–Crippen MR) is 88.8 cm³/mol. The Labute approximate surface area is 142 Å². The molecular formula is C17H13ClN2O4. The van der Waals surface area contributed by atoms with Gasteiger partial charge in [0.1, 0.15) is 11.5 Å². The first-order chi connectivity index (χ1) is 11.5. The number of ether oxygens (including phenoxy) is 2. The molecule has 3 rings (SSSR count).